The van der Waals surface area contributed by atoms with Gasteiger partial charge in [-0.2, -0.15) is 0 Å². The van der Waals surface area contributed by atoms with Crippen LogP contribution in [-0.2, 0) is 4.79 Å². The number of anilines is 1. The molecule has 108 valence electrons. The molecule has 4 nitrogen and oxygen atoms in total. The third-order valence-electron chi connectivity index (χ3n) is 2.60. The van der Waals surface area contributed by atoms with E-state index in [1.807, 2.05) is 0 Å². The summed E-state index contributed by atoms with van der Waals surface area (Å²) in [5.41, 5.74) is 0.975. The molecule has 0 spiro atoms. The van der Waals surface area contributed by atoms with E-state index in [9.17, 15) is 9.59 Å². The van der Waals surface area contributed by atoms with Gasteiger partial charge in [-0.1, -0.05) is 35.3 Å². The standard InChI is InChI=1S/C15H12Cl2N2O2/c16-11-4-1-3-10(7-11)15(21)18-9-14(20)19-13-6-2-5-12(17)8-13/h1-8H,9H2,(H,18,21)(H,19,20). The second kappa shape index (κ2) is 7.11. The van der Waals surface area contributed by atoms with Crippen molar-refractivity contribution in [3.8, 4) is 0 Å². The Kier molecular flexibility index (Phi) is 5.20. The van der Waals surface area contributed by atoms with Gasteiger partial charge in [0.2, 0.25) is 5.91 Å². The Labute approximate surface area is 132 Å². The van der Waals surface area contributed by atoms with Crippen LogP contribution in [-0.4, -0.2) is 18.4 Å². The van der Waals surface area contributed by atoms with E-state index in [1.54, 1.807) is 42.5 Å². The first-order valence-corrected chi connectivity index (χ1v) is 6.89. The lowest BCUT2D eigenvalue weighted by Crippen LogP contribution is -2.32. The summed E-state index contributed by atoms with van der Waals surface area (Å²) in [6, 6.07) is 13.3. The molecular weight excluding hydrogens is 311 g/mol. The Morgan fingerprint density at radius 3 is 2.29 bits per heavy atom. The number of hydrogen-bond donors (Lipinski definition) is 2. The largest absolute Gasteiger partial charge is 0.343 e. The summed E-state index contributed by atoms with van der Waals surface area (Å²) in [6.07, 6.45) is 0. The minimum Gasteiger partial charge on any atom is -0.343 e. The van der Waals surface area contributed by atoms with Crippen molar-refractivity contribution in [2.45, 2.75) is 0 Å². The Hall–Kier alpha value is -2.04. The molecule has 0 fully saturated rings. The number of carbonyl (C=O) groups excluding carboxylic acids is 2. The van der Waals surface area contributed by atoms with Crippen LogP contribution < -0.4 is 10.6 Å². The first-order valence-electron chi connectivity index (χ1n) is 6.14. The second-order valence-corrected chi connectivity index (χ2v) is 5.12. The molecule has 0 aliphatic carbocycles. The predicted octanol–water partition coefficient (Wildman–Crippen LogP) is 3.36. The number of hydrogen-bond acceptors (Lipinski definition) is 2. The fourth-order valence-corrected chi connectivity index (χ4v) is 2.04. The van der Waals surface area contributed by atoms with Crippen molar-refractivity contribution in [2.75, 3.05) is 11.9 Å². The van der Waals surface area contributed by atoms with Gasteiger partial charge in [0.05, 0.1) is 6.54 Å². The maximum Gasteiger partial charge on any atom is 0.251 e. The summed E-state index contributed by atoms with van der Waals surface area (Å²) in [7, 11) is 0. The van der Waals surface area contributed by atoms with Crippen LogP contribution in [0.15, 0.2) is 48.5 Å². The van der Waals surface area contributed by atoms with Crippen molar-refractivity contribution in [3.63, 3.8) is 0 Å². The highest BCUT2D eigenvalue weighted by Crippen LogP contribution is 2.14. The maximum absolute atomic E-state index is 11.8. The summed E-state index contributed by atoms with van der Waals surface area (Å²) >= 11 is 11.6. The molecule has 0 heterocycles. The molecule has 0 aliphatic heterocycles. The van der Waals surface area contributed by atoms with E-state index >= 15 is 0 Å². The Morgan fingerprint density at radius 1 is 0.952 bits per heavy atom. The predicted molar refractivity (Wildman–Crippen MR) is 83.9 cm³/mol. The number of amides is 2. The number of nitrogens with one attached hydrogen (secondary N) is 2. The molecule has 6 heteroatoms. The zero-order valence-electron chi connectivity index (χ0n) is 10.9. The van der Waals surface area contributed by atoms with Crippen LogP contribution in [0.5, 0.6) is 0 Å². The lowest BCUT2D eigenvalue weighted by Gasteiger charge is -2.07. The van der Waals surface area contributed by atoms with E-state index in [0.717, 1.165) is 0 Å². The summed E-state index contributed by atoms with van der Waals surface area (Å²) in [5, 5.41) is 6.14. The Morgan fingerprint density at radius 2 is 1.62 bits per heavy atom. The van der Waals surface area contributed by atoms with Gasteiger partial charge < -0.3 is 10.6 Å². The normalized spacial score (nSPS) is 10.0. The number of halogens is 2. The van der Waals surface area contributed by atoms with Gasteiger partial charge in [-0.25, -0.2) is 0 Å². The molecule has 0 saturated carbocycles. The highest BCUT2D eigenvalue weighted by Gasteiger charge is 2.08. The van der Waals surface area contributed by atoms with Gasteiger partial charge in [0, 0.05) is 21.3 Å². The Balaban J connectivity index is 1.88. The quantitative estimate of drug-likeness (QED) is 0.906. The lowest BCUT2D eigenvalue weighted by atomic mass is 10.2. The summed E-state index contributed by atoms with van der Waals surface area (Å²) in [6.45, 7) is -0.141. The van der Waals surface area contributed by atoms with E-state index < -0.39 is 0 Å². The molecule has 2 N–H and O–H groups in total. The smallest absolute Gasteiger partial charge is 0.251 e. The fraction of sp³-hybridized carbons (Fsp3) is 0.0667. The van der Waals surface area contributed by atoms with Crippen molar-refractivity contribution >= 4 is 40.7 Å². The number of benzene rings is 2. The van der Waals surface area contributed by atoms with E-state index in [-0.39, 0.29) is 18.4 Å². The van der Waals surface area contributed by atoms with Crippen molar-refractivity contribution in [3.05, 3.63) is 64.1 Å². The van der Waals surface area contributed by atoms with Crippen LogP contribution in [0.3, 0.4) is 0 Å². The molecule has 2 rings (SSSR count). The third-order valence-corrected chi connectivity index (χ3v) is 3.07. The van der Waals surface area contributed by atoms with Crippen LogP contribution >= 0.6 is 23.2 Å². The minimum atomic E-state index is -0.362. The van der Waals surface area contributed by atoms with Crippen LogP contribution in [0.4, 0.5) is 5.69 Å². The molecule has 2 aromatic rings. The second-order valence-electron chi connectivity index (χ2n) is 4.25. The molecule has 0 bridgehead atoms. The van der Waals surface area contributed by atoms with Gasteiger partial charge in [-0.05, 0) is 36.4 Å². The first-order chi connectivity index (χ1) is 10.0. The zero-order chi connectivity index (χ0) is 15.2. The third kappa shape index (κ3) is 4.77. The zero-order valence-corrected chi connectivity index (χ0v) is 12.4. The molecular formula is C15H12Cl2N2O2. The lowest BCUT2D eigenvalue weighted by molar-refractivity contribution is -0.115. The topological polar surface area (TPSA) is 58.2 Å². The highest BCUT2D eigenvalue weighted by atomic mass is 35.5. The summed E-state index contributed by atoms with van der Waals surface area (Å²) in [5.74, 6) is -0.702. The van der Waals surface area contributed by atoms with E-state index in [0.29, 0.717) is 21.3 Å². The van der Waals surface area contributed by atoms with E-state index in [2.05, 4.69) is 10.6 Å². The van der Waals surface area contributed by atoms with E-state index in [4.69, 9.17) is 23.2 Å². The SMILES string of the molecule is O=C(CNC(=O)c1cccc(Cl)c1)Nc1cccc(Cl)c1. The van der Waals surface area contributed by atoms with Gasteiger partial charge in [0.25, 0.3) is 5.91 Å². The highest BCUT2D eigenvalue weighted by molar-refractivity contribution is 6.31. The van der Waals surface area contributed by atoms with Gasteiger partial charge in [0.1, 0.15) is 0 Å². The molecule has 2 aromatic carbocycles. The molecule has 0 unspecified atom stereocenters. The molecule has 0 aliphatic rings. The molecule has 0 atom stereocenters. The van der Waals surface area contributed by atoms with Gasteiger partial charge >= 0.3 is 0 Å². The molecule has 21 heavy (non-hydrogen) atoms. The monoisotopic (exact) mass is 322 g/mol. The van der Waals surface area contributed by atoms with Crippen LogP contribution in [0.2, 0.25) is 10.0 Å². The fourth-order valence-electron chi connectivity index (χ4n) is 1.66. The summed E-state index contributed by atoms with van der Waals surface area (Å²) in [4.78, 5) is 23.6. The molecule has 2 amide bonds. The minimum absolute atomic E-state index is 0.141. The van der Waals surface area contributed by atoms with Gasteiger partial charge in [-0.15, -0.1) is 0 Å². The van der Waals surface area contributed by atoms with E-state index in [1.165, 1.54) is 6.07 Å². The number of carbonyl (C=O) groups is 2. The molecule has 0 radical (unpaired) electrons. The average Bonchev–Trinajstić information content (AvgIpc) is 2.45. The first kappa shape index (κ1) is 15.4. The molecule has 0 saturated heterocycles. The average molecular weight is 323 g/mol. The van der Waals surface area contributed by atoms with Crippen LogP contribution in [0, 0.1) is 0 Å². The maximum atomic E-state index is 11.8. The summed E-state index contributed by atoms with van der Waals surface area (Å²) < 4.78 is 0. The Bertz CT molecular complexity index is 674. The number of rotatable bonds is 4. The van der Waals surface area contributed by atoms with Crippen molar-refractivity contribution in [1.29, 1.82) is 0 Å². The molecule has 0 aromatic heterocycles. The van der Waals surface area contributed by atoms with Gasteiger partial charge in [0.15, 0.2) is 0 Å². The van der Waals surface area contributed by atoms with Gasteiger partial charge in [-0.3, -0.25) is 9.59 Å². The van der Waals surface area contributed by atoms with Crippen LogP contribution in [0.1, 0.15) is 10.4 Å². The van der Waals surface area contributed by atoms with Crippen molar-refractivity contribution in [2.24, 2.45) is 0 Å². The van der Waals surface area contributed by atoms with Crippen molar-refractivity contribution < 1.29 is 9.59 Å². The van der Waals surface area contributed by atoms with Crippen molar-refractivity contribution in [1.82, 2.24) is 5.32 Å². The van der Waals surface area contributed by atoms with Crippen LogP contribution in [0.25, 0.3) is 0 Å².